The molecule has 1 heterocycles. The lowest BCUT2D eigenvalue weighted by atomic mass is 9.94. The molecule has 0 saturated carbocycles. The molecule has 0 aliphatic carbocycles. The summed E-state index contributed by atoms with van der Waals surface area (Å²) < 4.78 is 16.5. The Morgan fingerprint density at radius 1 is 1.03 bits per heavy atom. The molecule has 0 bridgehead atoms. The van der Waals surface area contributed by atoms with Gasteiger partial charge < -0.3 is 29.3 Å². The second kappa shape index (κ2) is 10.8. The van der Waals surface area contributed by atoms with Gasteiger partial charge in [-0.2, -0.15) is 0 Å². The number of phenols is 1. The van der Waals surface area contributed by atoms with Crippen LogP contribution < -0.4 is 9.47 Å². The van der Waals surface area contributed by atoms with Crippen LogP contribution in [0, 0.1) is 6.92 Å². The summed E-state index contributed by atoms with van der Waals surface area (Å²) in [5.41, 5.74) is 1.57. The summed E-state index contributed by atoms with van der Waals surface area (Å²) in [4.78, 5) is 27.5. The molecular weight excluding hydrogens is 450 g/mol. The van der Waals surface area contributed by atoms with Crippen molar-refractivity contribution in [3.63, 3.8) is 0 Å². The standard InChI is InChI=1S/C27H33NO7/c1-15(2)34-12-11-28-24(18-7-10-22(33-6)20(29)14-18)23(26(31)27(28)32)25(30)19-8-9-21(17(5)13-19)35-16(3)4/h7-10,13-16,24,29-30H,11-12H2,1-6H3/b25-23-. The Labute approximate surface area is 205 Å². The molecule has 1 fully saturated rings. The molecule has 2 aromatic rings. The Hall–Kier alpha value is -3.52. The number of amides is 1. The summed E-state index contributed by atoms with van der Waals surface area (Å²) in [5.74, 6) is -1.05. The minimum atomic E-state index is -0.908. The third kappa shape index (κ3) is 5.59. The van der Waals surface area contributed by atoms with Crippen molar-refractivity contribution in [3.8, 4) is 17.2 Å². The molecule has 35 heavy (non-hydrogen) atoms. The number of nitrogens with zero attached hydrogens (tertiary/aromatic N) is 1. The largest absolute Gasteiger partial charge is 0.507 e. The number of aromatic hydroxyl groups is 1. The van der Waals surface area contributed by atoms with Crippen LogP contribution in [-0.4, -0.2) is 59.3 Å². The van der Waals surface area contributed by atoms with Crippen molar-refractivity contribution in [2.24, 2.45) is 0 Å². The van der Waals surface area contributed by atoms with Gasteiger partial charge in [-0.1, -0.05) is 6.07 Å². The number of hydrogen-bond donors (Lipinski definition) is 2. The van der Waals surface area contributed by atoms with Gasteiger partial charge in [-0.3, -0.25) is 9.59 Å². The lowest BCUT2D eigenvalue weighted by Crippen LogP contribution is -2.33. The maximum atomic E-state index is 13.2. The Balaban J connectivity index is 2.11. The molecule has 1 amide bonds. The number of benzene rings is 2. The van der Waals surface area contributed by atoms with E-state index in [1.54, 1.807) is 30.3 Å². The average molecular weight is 484 g/mol. The third-order valence-electron chi connectivity index (χ3n) is 5.65. The number of likely N-dealkylation sites (tertiary alicyclic amines) is 1. The summed E-state index contributed by atoms with van der Waals surface area (Å²) >= 11 is 0. The lowest BCUT2D eigenvalue weighted by Gasteiger charge is -2.26. The van der Waals surface area contributed by atoms with Gasteiger partial charge in [0.15, 0.2) is 11.5 Å². The zero-order valence-electron chi connectivity index (χ0n) is 21.0. The van der Waals surface area contributed by atoms with E-state index in [0.717, 1.165) is 5.56 Å². The molecule has 0 aromatic heterocycles. The number of aliphatic hydroxyl groups excluding tert-OH is 1. The molecule has 1 atom stereocenters. The summed E-state index contributed by atoms with van der Waals surface area (Å²) in [6, 6.07) is 8.83. The first-order valence-electron chi connectivity index (χ1n) is 11.6. The zero-order valence-corrected chi connectivity index (χ0v) is 21.0. The molecule has 8 nitrogen and oxygen atoms in total. The SMILES string of the molecule is COc1ccc(C2/C(=C(/O)c3ccc(OC(C)C)c(C)c3)C(=O)C(=O)N2CCOC(C)C)cc1O. The second-order valence-corrected chi connectivity index (χ2v) is 8.99. The van der Waals surface area contributed by atoms with E-state index in [1.807, 2.05) is 34.6 Å². The Morgan fingerprint density at radius 2 is 1.71 bits per heavy atom. The smallest absolute Gasteiger partial charge is 0.295 e. The molecule has 0 radical (unpaired) electrons. The molecule has 1 saturated heterocycles. The second-order valence-electron chi connectivity index (χ2n) is 8.99. The normalized spacial score (nSPS) is 17.5. The van der Waals surface area contributed by atoms with Crippen LogP contribution in [0.1, 0.15) is 50.4 Å². The van der Waals surface area contributed by atoms with Gasteiger partial charge in [0, 0.05) is 12.1 Å². The summed E-state index contributed by atoms with van der Waals surface area (Å²) in [7, 11) is 1.43. The number of aryl methyl sites for hydroxylation is 1. The van der Waals surface area contributed by atoms with Crippen molar-refractivity contribution >= 4 is 17.4 Å². The van der Waals surface area contributed by atoms with E-state index in [0.29, 0.717) is 16.9 Å². The number of hydrogen-bond acceptors (Lipinski definition) is 7. The quantitative estimate of drug-likeness (QED) is 0.310. The molecule has 0 spiro atoms. The van der Waals surface area contributed by atoms with Gasteiger partial charge in [0.05, 0.1) is 37.5 Å². The predicted molar refractivity (Wildman–Crippen MR) is 132 cm³/mol. The van der Waals surface area contributed by atoms with Crippen LogP contribution in [-0.2, 0) is 14.3 Å². The number of phenolic OH excluding ortho intramolecular Hbond substituents is 1. The van der Waals surface area contributed by atoms with Crippen LogP contribution in [0.3, 0.4) is 0 Å². The summed E-state index contributed by atoms with van der Waals surface area (Å²) in [5, 5.41) is 21.6. The molecule has 2 N–H and O–H groups in total. The molecule has 1 unspecified atom stereocenters. The van der Waals surface area contributed by atoms with Crippen molar-refractivity contribution in [2.75, 3.05) is 20.3 Å². The molecule has 1 aliphatic heterocycles. The third-order valence-corrected chi connectivity index (χ3v) is 5.65. The zero-order chi connectivity index (χ0) is 25.9. The fourth-order valence-corrected chi connectivity index (χ4v) is 4.06. The van der Waals surface area contributed by atoms with Gasteiger partial charge in [0.1, 0.15) is 11.5 Å². The maximum absolute atomic E-state index is 13.2. The van der Waals surface area contributed by atoms with Gasteiger partial charge in [0.2, 0.25) is 0 Å². The van der Waals surface area contributed by atoms with E-state index in [4.69, 9.17) is 14.2 Å². The van der Waals surface area contributed by atoms with Gasteiger partial charge in [0.25, 0.3) is 11.7 Å². The monoisotopic (exact) mass is 483 g/mol. The maximum Gasteiger partial charge on any atom is 0.295 e. The predicted octanol–water partition coefficient (Wildman–Crippen LogP) is 4.34. The molecule has 1 aliphatic rings. The summed E-state index contributed by atoms with van der Waals surface area (Å²) in [6.07, 6.45) is -0.0703. The minimum absolute atomic E-state index is 0.0192. The highest BCUT2D eigenvalue weighted by Crippen LogP contribution is 2.42. The highest BCUT2D eigenvalue weighted by atomic mass is 16.5. The van der Waals surface area contributed by atoms with Gasteiger partial charge >= 0.3 is 0 Å². The topological polar surface area (TPSA) is 106 Å². The van der Waals surface area contributed by atoms with Crippen LogP contribution in [0.4, 0.5) is 0 Å². The van der Waals surface area contributed by atoms with E-state index >= 15 is 0 Å². The molecule has 2 aromatic carbocycles. The van der Waals surface area contributed by atoms with Crippen LogP contribution in [0.25, 0.3) is 5.76 Å². The molecule has 8 heteroatoms. The number of methoxy groups -OCH3 is 1. The van der Waals surface area contributed by atoms with Crippen molar-refractivity contribution in [2.45, 2.75) is 52.9 Å². The minimum Gasteiger partial charge on any atom is -0.507 e. The van der Waals surface area contributed by atoms with Crippen LogP contribution >= 0.6 is 0 Å². The first-order chi connectivity index (χ1) is 16.5. The van der Waals surface area contributed by atoms with Crippen molar-refractivity contribution < 1.29 is 34.0 Å². The number of ketones is 1. The number of aliphatic hydroxyl groups is 1. The van der Waals surface area contributed by atoms with E-state index < -0.39 is 17.7 Å². The number of rotatable bonds is 9. The van der Waals surface area contributed by atoms with E-state index in [2.05, 4.69) is 0 Å². The fourth-order valence-electron chi connectivity index (χ4n) is 4.06. The molecular formula is C27H33NO7. The number of Topliss-reactive ketones (excluding diaryl/α,β-unsaturated/α-hetero) is 1. The van der Waals surface area contributed by atoms with E-state index in [9.17, 15) is 19.8 Å². The Kier molecular flexibility index (Phi) is 8.07. The fraction of sp³-hybridized carbons (Fsp3) is 0.407. The van der Waals surface area contributed by atoms with Crippen LogP contribution in [0.5, 0.6) is 17.2 Å². The average Bonchev–Trinajstić information content (AvgIpc) is 3.04. The Bertz CT molecular complexity index is 1140. The Morgan fingerprint density at radius 3 is 2.29 bits per heavy atom. The first kappa shape index (κ1) is 26.1. The van der Waals surface area contributed by atoms with Crippen LogP contribution in [0.2, 0.25) is 0 Å². The number of ether oxygens (including phenoxy) is 3. The summed E-state index contributed by atoms with van der Waals surface area (Å²) in [6.45, 7) is 9.78. The van der Waals surface area contributed by atoms with Crippen LogP contribution in [0.15, 0.2) is 42.0 Å². The highest BCUT2D eigenvalue weighted by Gasteiger charge is 2.46. The van der Waals surface area contributed by atoms with Gasteiger partial charge in [-0.15, -0.1) is 0 Å². The van der Waals surface area contributed by atoms with Crippen molar-refractivity contribution in [1.29, 1.82) is 0 Å². The number of carbonyl (C=O) groups is 2. The van der Waals surface area contributed by atoms with Crippen molar-refractivity contribution in [3.05, 3.63) is 58.7 Å². The highest BCUT2D eigenvalue weighted by molar-refractivity contribution is 6.46. The van der Waals surface area contributed by atoms with Crippen molar-refractivity contribution in [1.82, 2.24) is 4.90 Å². The first-order valence-corrected chi connectivity index (χ1v) is 11.6. The van der Waals surface area contributed by atoms with Gasteiger partial charge in [-0.05, 0) is 76.1 Å². The number of carbonyl (C=O) groups excluding carboxylic acids is 2. The molecule has 188 valence electrons. The van der Waals surface area contributed by atoms with E-state index in [1.165, 1.54) is 18.1 Å². The van der Waals surface area contributed by atoms with E-state index in [-0.39, 0.29) is 48.2 Å². The van der Waals surface area contributed by atoms with Gasteiger partial charge in [-0.25, -0.2) is 0 Å². The molecule has 3 rings (SSSR count). The lowest BCUT2D eigenvalue weighted by molar-refractivity contribution is -0.140.